The standard InChI is InChI=1S/C16H19FN4O/c1-12-4-2-6-15(20-12)22-11-13-5-3-7-21(10-13)16-18-8-14(17)9-19-16/h2,4,6,8-9,13H,3,5,7,10-11H2,1H3. The zero-order valence-corrected chi connectivity index (χ0v) is 12.6. The van der Waals surface area contributed by atoms with Crippen LogP contribution < -0.4 is 9.64 Å². The third-order valence-electron chi connectivity index (χ3n) is 3.74. The van der Waals surface area contributed by atoms with Crippen molar-refractivity contribution in [2.45, 2.75) is 19.8 Å². The molecule has 0 radical (unpaired) electrons. The third-order valence-corrected chi connectivity index (χ3v) is 3.74. The highest BCUT2D eigenvalue weighted by Gasteiger charge is 2.22. The molecule has 0 saturated carbocycles. The Morgan fingerprint density at radius 2 is 2.14 bits per heavy atom. The fourth-order valence-electron chi connectivity index (χ4n) is 2.65. The zero-order valence-electron chi connectivity index (χ0n) is 12.6. The van der Waals surface area contributed by atoms with Crippen LogP contribution in [0.4, 0.5) is 10.3 Å². The van der Waals surface area contributed by atoms with Gasteiger partial charge in [-0.1, -0.05) is 6.07 Å². The molecule has 116 valence electrons. The number of nitrogens with zero attached hydrogens (tertiary/aromatic N) is 4. The van der Waals surface area contributed by atoms with Crippen LogP contribution in [0, 0.1) is 18.7 Å². The minimum atomic E-state index is -0.411. The van der Waals surface area contributed by atoms with E-state index in [0.29, 0.717) is 24.4 Å². The number of ether oxygens (including phenoxy) is 1. The van der Waals surface area contributed by atoms with E-state index >= 15 is 0 Å². The van der Waals surface area contributed by atoms with Gasteiger partial charge in [0, 0.05) is 30.8 Å². The second-order valence-corrected chi connectivity index (χ2v) is 5.58. The van der Waals surface area contributed by atoms with E-state index < -0.39 is 5.82 Å². The maximum atomic E-state index is 12.9. The Morgan fingerprint density at radius 3 is 2.91 bits per heavy atom. The van der Waals surface area contributed by atoms with Crippen LogP contribution in [0.3, 0.4) is 0 Å². The van der Waals surface area contributed by atoms with Crippen molar-refractivity contribution in [3.05, 3.63) is 42.1 Å². The van der Waals surface area contributed by atoms with E-state index in [1.165, 1.54) is 12.4 Å². The predicted molar refractivity (Wildman–Crippen MR) is 81.4 cm³/mol. The first-order valence-electron chi connectivity index (χ1n) is 7.49. The Hall–Kier alpha value is -2.24. The molecule has 1 saturated heterocycles. The molecule has 2 aromatic heterocycles. The van der Waals surface area contributed by atoms with Crippen LogP contribution in [-0.4, -0.2) is 34.6 Å². The molecular formula is C16H19FN4O. The molecule has 3 heterocycles. The Morgan fingerprint density at radius 1 is 1.32 bits per heavy atom. The van der Waals surface area contributed by atoms with Crippen molar-refractivity contribution in [3.8, 4) is 5.88 Å². The molecule has 0 aromatic carbocycles. The number of aromatic nitrogens is 3. The minimum absolute atomic E-state index is 0.393. The summed E-state index contributed by atoms with van der Waals surface area (Å²) in [7, 11) is 0. The minimum Gasteiger partial charge on any atom is -0.477 e. The number of hydrogen-bond donors (Lipinski definition) is 0. The van der Waals surface area contributed by atoms with E-state index in [9.17, 15) is 4.39 Å². The van der Waals surface area contributed by atoms with Gasteiger partial charge in [0.1, 0.15) is 0 Å². The topological polar surface area (TPSA) is 51.1 Å². The molecule has 0 bridgehead atoms. The van der Waals surface area contributed by atoms with Crippen LogP contribution in [-0.2, 0) is 0 Å². The number of halogens is 1. The van der Waals surface area contributed by atoms with E-state index in [0.717, 1.165) is 31.6 Å². The van der Waals surface area contributed by atoms with Gasteiger partial charge in [0.25, 0.3) is 0 Å². The smallest absolute Gasteiger partial charge is 0.225 e. The molecule has 5 nitrogen and oxygen atoms in total. The van der Waals surface area contributed by atoms with Crippen molar-refractivity contribution in [1.29, 1.82) is 0 Å². The molecule has 2 aromatic rings. The maximum Gasteiger partial charge on any atom is 0.225 e. The van der Waals surface area contributed by atoms with Crippen LogP contribution in [0.2, 0.25) is 0 Å². The molecule has 22 heavy (non-hydrogen) atoms. The highest BCUT2D eigenvalue weighted by molar-refractivity contribution is 5.29. The zero-order chi connectivity index (χ0) is 15.4. The monoisotopic (exact) mass is 302 g/mol. The fourth-order valence-corrected chi connectivity index (χ4v) is 2.65. The Bertz CT molecular complexity index is 620. The van der Waals surface area contributed by atoms with Crippen LogP contribution >= 0.6 is 0 Å². The maximum absolute atomic E-state index is 12.9. The predicted octanol–water partition coefficient (Wildman–Crippen LogP) is 2.61. The van der Waals surface area contributed by atoms with Gasteiger partial charge >= 0.3 is 0 Å². The molecular weight excluding hydrogens is 283 g/mol. The third kappa shape index (κ3) is 3.69. The van der Waals surface area contributed by atoms with Crippen molar-refractivity contribution in [2.24, 2.45) is 5.92 Å². The lowest BCUT2D eigenvalue weighted by atomic mass is 9.99. The molecule has 0 amide bonds. The summed E-state index contributed by atoms with van der Waals surface area (Å²) in [5.74, 6) is 1.23. The molecule has 6 heteroatoms. The Balaban J connectivity index is 1.57. The van der Waals surface area contributed by atoms with Crippen molar-refractivity contribution in [2.75, 3.05) is 24.6 Å². The largest absolute Gasteiger partial charge is 0.477 e. The fraction of sp³-hybridized carbons (Fsp3) is 0.438. The summed E-state index contributed by atoms with van der Waals surface area (Å²) in [4.78, 5) is 14.5. The Labute approximate surface area is 129 Å². The highest BCUT2D eigenvalue weighted by atomic mass is 19.1. The number of pyridine rings is 1. The van der Waals surface area contributed by atoms with Gasteiger partial charge in [-0.25, -0.2) is 19.3 Å². The number of aryl methyl sites for hydroxylation is 1. The van der Waals surface area contributed by atoms with Gasteiger partial charge in [-0.3, -0.25) is 0 Å². The van der Waals surface area contributed by atoms with Crippen molar-refractivity contribution in [3.63, 3.8) is 0 Å². The van der Waals surface area contributed by atoms with Crippen LogP contribution in [0.5, 0.6) is 5.88 Å². The summed E-state index contributed by atoms with van der Waals surface area (Å²) in [6.07, 6.45) is 4.57. The van der Waals surface area contributed by atoms with E-state index in [2.05, 4.69) is 19.9 Å². The second-order valence-electron chi connectivity index (χ2n) is 5.58. The average molecular weight is 302 g/mol. The molecule has 0 N–H and O–H groups in total. The SMILES string of the molecule is Cc1cccc(OCC2CCCN(c3ncc(F)cn3)C2)n1. The first-order chi connectivity index (χ1) is 10.7. The quantitative estimate of drug-likeness (QED) is 0.869. The van der Waals surface area contributed by atoms with Crippen molar-refractivity contribution in [1.82, 2.24) is 15.0 Å². The normalized spacial score (nSPS) is 18.3. The van der Waals surface area contributed by atoms with Crippen LogP contribution in [0.25, 0.3) is 0 Å². The molecule has 1 atom stereocenters. The van der Waals surface area contributed by atoms with Gasteiger partial charge in [0.2, 0.25) is 11.8 Å². The van der Waals surface area contributed by atoms with Gasteiger partial charge in [-0.15, -0.1) is 0 Å². The molecule has 1 aliphatic rings. The summed E-state index contributed by atoms with van der Waals surface area (Å²) in [6.45, 7) is 4.28. The molecule has 0 aliphatic carbocycles. The van der Waals surface area contributed by atoms with Gasteiger partial charge in [0.05, 0.1) is 19.0 Å². The second kappa shape index (κ2) is 6.68. The first-order valence-corrected chi connectivity index (χ1v) is 7.49. The Kier molecular flexibility index (Phi) is 4.46. The van der Waals surface area contributed by atoms with E-state index in [1.807, 2.05) is 25.1 Å². The van der Waals surface area contributed by atoms with E-state index in [4.69, 9.17) is 4.74 Å². The lowest BCUT2D eigenvalue weighted by Gasteiger charge is -2.32. The van der Waals surface area contributed by atoms with Crippen molar-refractivity contribution < 1.29 is 9.13 Å². The van der Waals surface area contributed by atoms with E-state index in [-0.39, 0.29) is 0 Å². The average Bonchev–Trinajstić information content (AvgIpc) is 2.54. The molecule has 1 aliphatic heterocycles. The van der Waals surface area contributed by atoms with Crippen LogP contribution in [0.15, 0.2) is 30.6 Å². The van der Waals surface area contributed by atoms with Gasteiger partial charge < -0.3 is 9.64 Å². The van der Waals surface area contributed by atoms with Gasteiger partial charge in [-0.05, 0) is 25.8 Å². The summed E-state index contributed by atoms with van der Waals surface area (Å²) in [6, 6.07) is 5.76. The highest BCUT2D eigenvalue weighted by Crippen LogP contribution is 2.21. The molecule has 3 rings (SSSR count). The van der Waals surface area contributed by atoms with E-state index in [1.54, 1.807) is 0 Å². The number of rotatable bonds is 4. The summed E-state index contributed by atoms with van der Waals surface area (Å²) >= 11 is 0. The number of anilines is 1. The van der Waals surface area contributed by atoms with Crippen molar-refractivity contribution >= 4 is 5.95 Å². The molecule has 1 unspecified atom stereocenters. The van der Waals surface area contributed by atoms with Gasteiger partial charge in [-0.2, -0.15) is 0 Å². The lowest BCUT2D eigenvalue weighted by molar-refractivity contribution is 0.221. The lowest BCUT2D eigenvalue weighted by Crippen LogP contribution is -2.38. The number of piperidine rings is 1. The summed E-state index contributed by atoms with van der Waals surface area (Å²) < 4.78 is 18.7. The number of hydrogen-bond acceptors (Lipinski definition) is 5. The first kappa shape index (κ1) is 14.7. The summed E-state index contributed by atoms with van der Waals surface area (Å²) in [5.41, 5.74) is 0.947. The molecule has 0 spiro atoms. The summed E-state index contributed by atoms with van der Waals surface area (Å²) in [5, 5.41) is 0. The van der Waals surface area contributed by atoms with Gasteiger partial charge in [0.15, 0.2) is 5.82 Å². The molecule has 1 fully saturated rings. The van der Waals surface area contributed by atoms with Crippen LogP contribution in [0.1, 0.15) is 18.5 Å².